The molecule has 0 bridgehead atoms. The van der Waals surface area contributed by atoms with Crippen LogP contribution in [0.1, 0.15) is 33.9 Å². The number of benzene rings is 2. The van der Waals surface area contributed by atoms with Crippen LogP contribution in [0.5, 0.6) is 5.75 Å². The molecule has 2 nitrogen and oxygen atoms in total. The summed E-state index contributed by atoms with van der Waals surface area (Å²) in [6.07, 6.45) is 0.0541. The van der Waals surface area contributed by atoms with E-state index >= 15 is 0 Å². The Bertz CT molecular complexity index is 602. The molecule has 20 heavy (non-hydrogen) atoms. The highest BCUT2D eigenvalue weighted by Gasteiger charge is 2.14. The summed E-state index contributed by atoms with van der Waals surface area (Å²) in [4.78, 5) is 0. The van der Waals surface area contributed by atoms with E-state index in [4.69, 9.17) is 4.74 Å². The summed E-state index contributed by atoms with van der Waals surface area (Å²) >= 11 is 0. The van der Waals surface area contributed by atoms with Crippen molar-refractivity contribution in [2.45, 2.75) is 33.3 Å². The Morgan fingerprint density at radius 1 is 1.00 bits per heavy atom. The smallest absolute Gasteiger partial charge is 0.122 e. The number of para-hydroxylation sites is 1. The highest BCUT2D eigenvalue weighted by Crippen LogP contribution is 2.28. The zero-order chi connectivity index (χ0) is 14.7. The van der Waals surface area contributed by atoms with Crippen LogP contribution >= 0.6 is 0 Å². The van der Waals surface area contributed by atoms with Crippen LogP contribution in [-0.4, -0.2) is 12.2 Å². The predicted octanol–water partition coefficient (Wildman–Crippen LogP) is 3.90. The Morgan fingerprint density at radius 3 is 2.35 bits per heavy atom. The van der Waals surface area contributed by atoms with Crippen LogP contribution in [0, 0.1) is 20.8 Å². The predicted molar refractivity (Wildman–Crippen MR) is 82.3 cm³/mol. The highest BCUT2D eigenvalue weighted by molar-refractivity contribution is 5.40. The Morgan fingerprint density at radius 2 is 1.65 bits per heavy atom. The van der Waals surface area contributed by atoms with E-state index in [1.54, 1.807) is 7.11 Å². The monoisotopic (exact) mass is 270 g/mol. The average molecular weight is 270 g/mol. The lowest BCUT2D eigenvalue weighted by Gasteiger charge is -2.17. The van der Waals surface area contributed by atoms with Crippen molar-refractivity contribution in [1.82, 2.24) is 0 Å². The largest absolute Gasteiger partial charge is 0.496 e. The first-order valence-electron chi connectivity index (χ1n) is 6.90. The van der Waals surface area contributed by atoms with Crippen LogP contribution in [-0.2, 0) is 6.42 Å². The SMILES string of the molecule is COc1ccccc1CC(O)c1cc(C)c(C)cc1C. The first kappa shape index (κ1) is 14.6. The number of aryl methyl sites for hydroxylation is 3. The van der Waals surface area contributed by atoms with Crippen LogP contribution in [0.15, 0.2) is 36.4 Å². The lowest BCUT2D eigenvalue weighted by atomic mass is 9.93. The standard InChI is InChI=1S/C18H22O2/c1-12-9-14(3)16(10-13(12)2)17(19)11-15-7-5-6-8-18(15)20-4/h5-10,17,19H,11H2,1-4H3. The van der Waals surface area contributed by atoms with Crippen molar-refractivity contribution in [2.75, 3.05) is 7.11 Å². The van der Waals surface area contributed by atoms with Gasteiger partial charge in [0.2, 0.25) is 0 Å². The van der Waals surface area contributed by atoms with Gasteiger partial charge in [0.25, 0.3) is 0 Å². The molecule has 0 saturated carbocycles. The van der Waals surface area contributed by atoms with Crippen molar-refractivity contribution in [3.05, 3.63) is 64.2 Å². The molecule has 1 atom stereocenters. The molecule has 2 rings (SSSR count). The van der Waals surface area contributed by atoms with E-state index in [0.717, 1.165) is 22.4 Å². The molecule has 2 aromatic carbocycles. The summed E-state index contributed by atoms with van der Waals surface area (Å²) in [6, 6.07) is 12.1. The Kier molecular flexibility index (Phi) is 4.46. The summed E-state index contributed by atoms with van der Waals surface area (Å²) in [5, 5.41) is 10.5. The maximum atomic E-state index is 10.5. The fourth-order valence-electron chi connectivity index (χ4n) is 2.53. The third kappa shape index (κ3) is 3.02. The summed E-state index contributed by atoms with van der Waals surface area (Å²) in [7, 11) is 1.66. The van der Waals surface area contributed by atoms with Crippen molar-refractivity contribution in [1.29, 1.82) is 0 Å². The van der Waals surface area contributed by atoms with Gasteiger partial charge in [-0.25, -0.2) is 0 Å². The molecular formula is C18H22O2. The molecule has 0 aliphatic heterocycles. The van der Waals surface area contributed by atoms with E-state index in [1.807, 2.05) is 31.2 Å². The van der Waals surface area contributed by atoms with E-state index in [2.05, 4.69) is 26.0 Å². The molecule has 0 aliphatic carbocycles. The average Bonchev–Trinajstić information content (AvgIpc) is 2.43. The molecule has 0 saturated heterocycles. The molecule has 0 radical (unpaired) electrons. The molecule has 0 aliphatic rings. The minimum Gasteiger partial charge on any atom is -0.496 e. The van der Waals surface area contributed by atoms with Gasteiger partial charge in [0.1, 0.15) is 5.75 Å². The van der Waals surface area contributed by atoms with Gasteiger partial charge < -0.3 is 9.84 Å². The second-order valence-electron chi connectivity index (χ2n) is 5.32. The molecule has 0 heterocycles. The fourth-order valence-corrected chi connectivity index (χ4v) is 2.53. The van der Waals surface area contributed by atoms with Crippen molar-refractivity contribution in [3.63, 3.8) is 0 Å². The zero-order valence-corrected chi connectivity index (χ0v) is 12.6. The molecule has 106 valence electrons. The Labute approximate surface area is 121 Å². The molecule has 1 N–H and O–H groups in total. The minimum atomic E-state index is -0.509. The van der Waals surface area contributed by atoms with E-state index in [1.165, 1.54) is 11.1 Å². The maximum absolute atomic E-state index is 10.5. The molecule has 0 spiro atoms. The third-order valence-corrected chi connectivity index (χ3v) is 3.85. The van der Waals surface area contributed by atoms with Crippen LogP contribution in [0.25, 0.3) is 0 Å². The van der Waals surface area contributed by atoms with Gasteiger partial charge in [-0.2, -0.15) is 0 Å². The quantitative estimate of drug-likeness (QED) is 0.913. The molecular weight excluding hydrogens is 248 g/mol. The Balaban J connectivity index is 2.28. The first-order valence-corrected chi connectivity index (χ1v) is 6.90. The van der Waals surface area contributed by atoms with Crippen LogP contribution in [0.4, 0.5) is 0 Å². The summed E-state index contributed by atoms with van der Waals surface area (Å²) < 4.78 is 5.34. The van der Waals surface area contributed by atoms with E-state index in [0.29, 0.717) is 6.42 Å². The summed E-state index contributed by atoms with van der Waals surface area (Å²) in [5.74, 6) is 0.827. The molecule has 0 amide bonds. The molecule has 0 fully saturated rings. The van der Waals surface area contributed by atoms with Crippen LogP contribution in [0.2, 0.25) is 0 Å². The second kappa shape index (κ2) is 6.10. The number of ether oxygens (including phenoxy) is 1. The first-order chi connectivity index (χ1) is 9.52. The molecule has 1 unspecified atom stereocenters. The van der Waals surface area contributed by atoms with Gasteiger partial charge in [0.05, 0.1) is 13.2 Å². The van der Waals surface area contributed by atoms with Gasteiger partial charge in [0, 0.05) is 6.42 Å². The van der Waals surface area contributed by atoms with Gasteiger partial charge in [-0.3, -0.25) is 0 Å². The fraction of sp³-hybridized carbons (Fsp3) is 0.333. The van der Waals surface area contributed by atoms with Crippen molar-refractivity contribution < 1.29 is 9.84 Å². The molecule has 2 heteroatoms. The normalized spacial score (nSPS) is 12.2. The third-order valence-electron chi connectivity index (χ3n) is 3.85. The number of aliphatic hydroxyl groups excluding tert-OH is 1. The van der Waals surface area contributed by atoms with Gasteiger partial charge >= 0.3 is 0 Å². The van der Waals surface area contributed by atoms with E-state index in [-0.39, 0.29) is 0 Å². The van der Waals surface area contributed by atoms with Gasteiger partial charge in [-0.15, -0.1) is 0 Å². The molecule has 2 aromatic rings. The van der Waals surface area contributed by atoms with Crippen LogP contribution in [0.3, 0.4) is 0 Å². The number of rotatable bonds is 4. The van der Waals surface area contributed by atoms with Crippen molar-refractivity contribution in [2.24, 2.45) is 0 Å². The van der Waals surface area contributed by atoms with Gasteiger partial charge in [0.15, 0.2) is 0 Å². The number of hydrogen-bond donors (Lipinski definition) is 1. The summed E-state index contributed by atoms with van der Waals surface area (Å²) in [5.41, 5.74) is 5.63. The highest BCUT2D eigenvalue weighted by atomic mass is 16.5. The lowest BCUT2D eigenvalue weighted by Crippen LogP contribution is -2.06. The van der Waals surface area contributed by atoms with Gasteiger partial charge in [-0.1, -0.05) is 30.3 Å². The number of methoxy groups -OCH3 is 1. The summed E-state index contributed by atoms with van der Waals surface area (Å²) in [6.45, 7) is 6.22. The zero-order valence-electron chi connectivity index (χ0n) is 12.6. The van der Waals surface area contributed by atoms with Gasteiger partial charge in [-0.05, 0) is 54.7 Å². The van der Waals surface area contributed by atoms with Crippen molar-refractivity contribution in [3.8, 4) is 5.75 Å². The van der Waals surface area contributed by atoms with E-state index < -0.39 is 6.10 Å². The number of aliphatic hydroxyl groups is 1. The lowest BCUT2D eigenvalue weighted by molar-refractivity contribution is 0.176. The van der Waals surface area contributed by atoms with Crippen LogP contribution < -0.4 is 4.74 Å². The number of hydrogen-bond acceptors (Lipinski definition) is 2. The Hall–Kier alpha value is -1.80. The maximum Gasteiger partial charge on any atom is 0.122 e. The topological polar surface area (TPSA) is 29.5 Å². The van der Waals surface area contributed by atoms with E-state index in [9.17, 15) is 5.11 Å². The minimum absolute atomic E-state index is 0.509. The molecule has 0 aromatic heterocycles. The van der Waals surface area contributed by atoms with Crippen molar-refractivity contribution >= 4 is 0 Å². The second-order valence-corrected chi connectivity index (χ2v) is 5.32.